The van der Waals surface area contributed by atoms with Gasteiger partial charge >= 0.3 is 0 Å². The molecule has 0 radical (unpaired) electrons. The summed E-state index contributed by atoms with van der Waals surface area (Å²) in [4.78, 5) is 18.7. The predicted octanol–water partition coefficient (Wildman–Crippen LogP) is 5.01. The van der Waals surface area contributed by atoms with Crippen molar-refractivity contribution >= 4 is 22.9 Å². The molecule has 2 aromatic carbocycles. The van der Waals surface area contributed by atoms with Crippen LogP contribution in [0.25, 0.3) is 27.5 Å². The molecule has 0 fully saturated rings. The number of nitrogens with zero attached hydrogens (tertiary/aromatic N) is 4. The van der Waals surface area contributed by atoms with Crippen molar-refractivity contribution in [2.45, 2.75) is 13.0 Å². The Hall–Kier alpha value is -3.84. The minimum absolute atomic E-state index is 0.182. The van der Waals surface area contributed by atoms with E-state index in [1.165, 1.54) is 11.3 Å². The smallest absolute Gasteiger partial charge is 0.264 e. The van der Waals surface area contributed by atoms with Gasteiger partial charge in [0.15, 0.2) is 11.5 Å². The Bertz CT molecular complexity index is 1340. The van der Waals surface area contributed by atoms with Gasteiger partial charge in [0.25, 0.3) is 5.91 Å². The molecule has 0 saturated heterocycles. The van der Waals surface area contributed by atoms with E-state index in [9.17, 15) is 4.79 Å². The summed E-state index contributed by atoms with van der Waals surface area (Å²) in [7, 11) is 0. The number of nitrogens with one attached hydrogen (secondary N) is 1. The van der Waals surface area contributed by atoms with Crippen LogP contribution in [0, 0.1) is 0 Å². The summed E-state index contributed by atoms with van der Waals surface area (Å²) in [6.45, 7) is 1.91. The van der Waals surface area contributed by atoms with Crippen LogP contribution in [0.1, 0.15) is 28.5 Å². The first-order valence-corrected chi connectivity index (χ1v) is 10.7. The molecule has 0 aliphatic rings. The molecule has 0 bridgehead atoms. The lowest BCUT2D eigenvalue weighted by molar-refractivity contribution is 0.0942. The zero-order valence-electron chi connectivity index (χ0n) is 16.8. The summed E-state index contributed by atoms with van der Waals surface area (Å²) in [6.07, 6.45) is 1.89. The van der Waals surface area contributed by atoms with Crippen LogP contribution in [-0.2, 0) is 0 Å². The molecule has 5 aromatic rings. The van der Waals surface area contributed by atoms with E-state index in [-0.39, 0.29) is 11.9 Å². The van der Waals surface area contributed by atoms with Crippen molar-refractivity contribution in [3.63, 3.8) is 0 Å². The minimum Gasteiger partial charge on any atom is -0.342 e. The highest BCUT2D eigenvalue weighted by molar-refractivity contribution is 7.17. The Balaban J connectivity index is 1.51. The average molecular weight is 426 g/mol. The van der Waals surface area contributed by atoms with Gasteiger partial charge in [0.05, 0.1) is 11.7 Å². The van der Waals surface area contributed by atoms with Gasteiger partial charge < -0.3 is 5.32 Å². The normalized spacial score (nSPS) is 12.0. The van der Waals surface area contributed by atoms with E-state index in [1.54, 1.807) is 0 Å². The van der Waals surface area contributed by atoms with E-state index in [1.807, 2.05) is 96.4 Å². The van der Waals surface area contributed by atoms with Crippen molar-refractivity contribution in [3.8, 4) is 21.8 Å². The standard InChI is InChI=1S/C24H19N5OS/c1-16(22-28-27-19-14-8-9-15-29(19)22)25-23(30)21-20(17-10-4-2-5-11-17)26-24(31-21)18-12-6-3-7-13-18/h2-16H,1H3,(H,25,30). The highest BCUT2D eigenvalue weighted by Crippen LogP contribution is 2.34. The summed E-state index contributed by atoms with van der Waals surface area (Å²) < 4.78 is 1.88. The van der Waals surface area contributed by atoms with Gasteiger partial charge in [-0.25, -0.2) is 4.98 Å². The quantitative estimate of drug-likeness (QED) is 0.430. The summed E-state index contributed by atoms with van der Waals surface area (Å²) in [6, 6.07) is 25.1. The maximum absolute atomic E-state index is 13.3. The molecule has 0 aliphatic carbocycles. The van der Waals surface area contributed by atoms with E-state index in [0.717, 1.165) is 21.8 Å². The molecule has 1 atom stereocenters. The third-order valence-corrected chi connectivity index (χ3v) is 6.08. The van der Waals surface area contributed by atoms with Crippen LogP contribution in [0.15, 0.2) is 85.1 Å². The highest BCUT2D eigenvalue weighted by atomic mass is 32.1. The highest BCUT2D eigenvalue weighted by Gasteiger charge is 2.23. The van der Waals surface area contributed by atoms with Gasteiger partial charge in [-0.3, -0.25) is 9.20 Å². The van der Waals surface area contributed by atoms with Gasteiger partial charge in [-0.2, -0.15) is 0 Å². The number of fused-ring (bicyclic) bond motifs is 1. The molecule has 6 nitrogen and oxygen atoms in total. The van der Waals surface area contributed by atoms with Crippen LogP contribution in [0.2, 0.25) is 0 Å². The van der Waals surface area contributed by atoms with Crippen LogP contribution >= 0.6 is 11.3 Å². The van der Waals surface area contributed by atoms with Crippen LogP contribution in [0.3, 0.4) is 0 Å². The predicted molar refractivity (Wildman–Crippen MR) is 122 cm³/mol. The number of hydrogen-bond donors (Lipinski definition) is 1. The Morgan fingerprint density at radius 2 is 1.58 bits per heavy atom. The maximum Gasteiger partial charge on any atom is 0.264 e. The van der Waals surface area contributed by atoms with Gasteiger partial charge in [0.1, 0.15) is 9.88 Å². The van der Waals surface area contributed by atoms with Crippen LogP contribution in [0.5, 0.6) is 0 Å². The summed E-state index contributed by atoms with van der Waals surface area (Å²) in [5.41, 5.74) is 3.32. The van der Waals surface area contributed by atoms with Gasteiger partial charge in [-0.05, 0) is 19.1 Å². The maximum atomic E-state index is 13.3. The molecular formula is C24H19N5OS. The fraction of sp³-hybridized carbons (Fsp3) is 0.0833. The van der Waals surface area contributed by atoms with E-state index in [0.29, 0.717) is 16.4 Å². The fourth-order valence-electron chi connectivity index (χ4n) is 3.45. The monoisotopic (exact) mass is 425 g/mol. The number of hydrogen-bond acceptors (Lipinski definition) is 5. The topological polar surface area (TPSA) is 72.2 Å². The van der Waals surface area contributed by atoms with Crippen LogP contribution < -0.4 is 5.32 Å². The lowest BCUT2D eigenvalue weighted by Gasteiger charge is -2.12. The molecule has 1 unspecified atom stereocenters. The van der Waals surface area contributed by atoms with Crippen LogP contribution in [-0.4, -0.2) is 25.5 Å². The van der Waals surface area contributed by atoms with Crippen molar-refractivity contribution in [1.29, 1.82) is 0 Å². The second-order valence-corrected chi connectivity index (χ2v) is 8.11. The molecular weight excluding hydrogens is 406 g/mol. The number of rotatable bonds is 5. The number of thiazole rings is 1. The molecule has 1 N–H and O–H groups in total. The molecule has 0 aliphatic heterocycles. The third kappa shape index (κ3) is 3.71. The van der Waals surface area contributed by atoms with Gasteiger partial charge in [0.2, 0.25) is 0 Å². The summed E-state index contributed by atoms with van der Waals surface area (Å²) in [5.74, 6) is 0.497. The first kappa shape index (κ1) is 19.1. The summed E-state index contributed by atoms with van der Waals surface area (Å²) in [5, 5.41) is 12.3. The van der Waals surface area contributed by atoms with Gasteiger partial charge in [-0.15, -0.1) is 21.5 Å². The Kier molecular flexibility index (Phi) is 5.01. The number of benzene rings is 2. The van der Waals surface area contributed by atoms with Crippen LogP contribution in [0.4, 0.5) is 0 Å². The Morgan fingerprint density at radius 1 is 0.903 bits per heavy atom. The lowest BCUT2D eigenvalue weighted by Crippen LogP contribution is -2.27. The molecule has 0 saturated carbocycles. The van der Waals surface area contributed by atoms with Crippen molar-refractivity contribution in [1.82, 2.24) is 24.9 Å². The molecule has 152 valence electrons. The molecule has 0 spiro atoms. The van der Waals surface area contributed by atoms with Crippen molar-refractivity contribution in [3.05, 3.63) is 95.8 Å². The molecule has 7 heteroatoms. The third-order valence-electron chi connectivity index (χ3n) is 4.98. The zero-order valence-corrected chi connectivity index (χ0v) is 17.6. The molecule has 1 amide bonds. The van der Waals surface area contributed by atoms with Gasteiger partial charge in [-0.1, -0.05) is 66.7 Å². The fourth-order valence-corrected chi connectivity index (χ4v) is 4.45. The van der Waals surface area contributed by atoms with Crippen molar-refractivity contribution in [2.75, 3.05) is 0 Å². The lowest BCUT2D eigenvalue weighted by atomic mass is 10.1. The second-order valence-electron chi connectivity index (χ2n) is 7.11. The van der Waals surface area contributed by atoms with E-state index in [4.69, 9.17) is 4.98 Å². The molecule has 3 heterocycles. The molecule has 3 aromatic heterocycles. The van der Waals surface area contributed by atoms with E-state index < -0.39 is 0 Å². The van der Waals surface area contributed by atoms with Crippen molar-refractivity contribution in [2.24, 2.45) is 0 Å². The first-order chi connectivity index (χ1) is 15.2. The SMILES string of the molecule is CC(NC(=O)c1sc(-c2ccccc2)nc1-c1ccccc1)c1nnc2ccccn12. The number of aromatic nitrogens is 4. The van der Waals surface area contributed by atoms with Gasteiger partial charge in [0, 0.05) is 17.3 Å². The van der Waals surface area contributed by atoms with E-state index >= 15 is 0 Å². The average Bonchev–Trinajstić information content (AvgIpc) is 3.45. The largest absolute Gasteiger partial charge is 0.342 e. The zero-order chi connectivity index (χ0) is 21.2. The number of carbonyl (C=O) groups excluding carboxylic acids is 1. The molecule has 31 heavy (non-hydrogen) atoms. The van der Waals surface area contributed by atoms with E-state index in [2.05, 4.69) is 15.5 Å². The Labute approximate surface area is 183 Å². The number of amides is 1. The molecule has 5 rings (SSSR count). The Morgan fingerprint density at radius 3 is 2.32 bits per heavy atom. The minimum atomic E-state index is -0.323. The first-order valence-electron chi connectivity index (χ1n) is 9.93. The number of carbonyl (C=O) groups is 1. The summed E-state index contributed by atoms with van der Waals surface area (Å²) >= 11 is 1.39. The number of pyridine rings is 1. The van der Waals surface area contributed by atoms with Crippen molar-refractivity contribution < 1.29 is 4.79 Å². The second kappa shape index (κ2) is 8.12.